The lowest BCUT2D eigenvalue weighted by atomic mass is 10.1. The van der Waals surface area contributed by atoms with Gasteiger partial charge in [-0.15, -0.1) is 0 Å². The molecule has 1 aromatic heterocycles. The largest absolute Gasteiger partial charge is 0.484 e. The third kappa shape index (κ3) is 31.9. The summed E-state index contributed by atoms with van der Waals surface area (Å²) in [5.41, 5.74) is -12.6. The van der Waals surface area contributed by atoms with E-state index in [0.717, 1.165) is 6.07 Å². The van der Waals surface area contributed by atoms with Crippen LogP contribution in [0.15, 0.2) is 46.6 Å². The lowest BCUT2D eigenvalue weighted by Crippen LogP contribution is -2.47. The highest BCUT2D eigenvalue weighted by atomic mass is 19.4. The molecule has 0 spiro atoms. The Labute approximate surface area is 621 Å². The molecule has 3 heterocycles. The van der Waals surface area contributed by atoms with Crippen molar-refractivity contribution in [1.82, 2.24) is 41.0 Å². The van der Waals surface area contributed by atoms with E-state index in [9.17, 15) is 74.3 Å². The van der Waals surface area contributed by atoms with Crippen molar-refractivity contribution in [3.63, 3.8) is 0 Å². The number of unbranched alkanes of at least 4 members (excludes halogenated alkanes) is 2. The second kappa shape index (κ2) is 36.4. The monoisotopic (exact) mass is 1540 g/mol. The highest BCUT2D eigenvalue weighted by Gasteiger charge is 2.39. The minimum atomic E-state index is -5.17. The van der Waals surface area contributed by atoms with Crippen LogP contribution in [-0.4, -0.2) is 177 Å². The van der Waals surface area contributed by atoms with Crippen LogP contribution in [0.5, 0.6) is 11.5 Å². The molecule has 2 aromatic carbocycles. The van der Waals surface area contributed by atoms with E-state index in [-0.39, 0.29) is 103 Å². The highest BCUT2D eigenvalue weighted by Crippen LogP contribution is 2.44. The quantitative estimate of drug-likeness (QED) is 0.0171. The van der Waals surface area contributed by atoms with Crippen LogP contribution in [0.2, 0.25) is 0 Å². The number of hydrogen-bond donors (Lipinski definition) is 8. The summed E-state index contributed by atoms with van der Waals surface area (Å²) < 4.78 is 135. The first-order valence-corrected chi connectivity index (χ1v) is 34.5. The number of likely N-dealkylation sites (tertiary alicyclic amines) is 2. The summed E-state index contributed by atoms with van der Waals surface area (Å²) in [6.07, 6.45) is -17.5. The molecular weight excluding hydrogens is 1440 g/mol. The van der Waals surface area contributed by atoms with E-state index >= 15 is 0 Å². The fraction of sp³-hybridized carbons (Fsp3) is 0.600. The van der Waals surface area contributed by atoms with Gasteiger partial charge >= 0.3 is 48.9 Å². The smallest absolute Gasteiger partial charge is 0.416 e. The van der Waals surface area contributed by atoms with Crippen molar-refractivity contribution in [3.05, 3.63) is 59.2 Å². The molecule has 2 atom stereocenters. The summed E-state index contributed by atoms with van der Waals surface area (Å²) in [4.78, 5) is 152. The Morgan fingerprint density at radius 2 is 0.704 bits per heavy atom. The van der Waals surface area contributed by atoms with Crippen molar-refractivity contribution < 1.29 is 112 Å². The van der Waals surface area contributed by atoms with Crippen molar-refractivity contribution >= 4 is 94.9 Å². The lowest BCUT2D eigenvalue weighted by Gasteiger charge is -2.25. The molecule has 10 amide bonds. The second-order valence-corrected chi connectivity index (χ2v) is 30.9. The maximum absolute atomic E-state index is 15.0. The van der Waals surface area contributed by atoms with Crippen molar-refractivity contribution in [2.45, 2.75) is 234 Å². The van der Waals surface area contributed by atoms with Gasteiger partial charge in [-0.3, -0.25) is 50.4 Å². The van der Waals surface area contributed by atoms with Crippen LogP contribution in [-0.2, 0) is 50.4 Å². The van der Waals surface area contributed by atoms with Crippen LogP contribution in [0.4, 0.5) is 77.9 Å². The summed E-state index contributed by atoms with van der Waals surface area (Å²) in [5.74, 6) is -6.21. The average Bonchev–Trinajstić information content (AvgIpc) is 1.02. The molecule has 0 aliphatic carbocycles. The number of ether oxygens (including phenoxy) is 8. The lowest BCUT2D eigenvalue weighted by molar-refractivity contribution is -0.138. The molecule has 32 nitrogen and oxygen atoms in total. The summed E-state index contributed by atoms with van der Waals surface area (Å²) in [6.45, 7) is 28.4. The number of hydrogen-bond acceptors (Lipinski definition) is 22. The molecule has 3 aromatic rings. The number of guanidine groups is 2. The summed E-state index contributed by atoms with van der Waals surface area (Å²) in [7, 11) is 0. The molecule has 38 heteroatoms. The molecule has 2 fully saturated rings. The third-order valence-corrected chi connectivity index (χ3v) is 13.8. The second-order valence-electron chi connectivity index (χ2n) is 30.9. The Kier molecular flexibility index (Phi) is 29.7. The van der Waals surface area contributed by atoms with Crippen LogP contribution in [0.1, 0.15) is 208 Å². The van der Waals surface area contributed by atoms with Crippen molar-refractivity contribution in [3.8, 4) is 11.5 Å². The molecule has 2 aliphatic heterocycles. The van der Waals surface area contributed by atoms with Crippen LogP contribution < -0.4 is 52.0 Å². The van der Waals surface area contributed by atoms with Gasteiger partial charge in [0.15, 0.2) is 11.5 Å². The molecule has 5 rings (SSSR count). The maximum atomic E-state index is 15.0. The summed E-state index contributed by atoms with van der Waals surface area (Å²) in [6, 6.07) is 2.80. The number of aliphatic imine (C=N–C) groups is 2. The number of alkyl carbamates (subject to hydrolysis) is 4. The van der Waals surface area contributed by atoms with Gasteiger partial charge in [0.25, 0.3) is 11.8 Å². The molecular formula is C70H98F6N14O18. The molecule has 0 bridgehead atoms. The van der Waals surface area contributed by atoms with E-state index in [2.05, 4.69) is 62.5 Å². The average molecular weight is 1540 g/mol. The van der Waals surface area contributed by atoms with E-state index in [1.165, 1.54) is 9.80 Å². The van der Waals surface area contributed by atoms with Crippen LogP contribution >= 0.6 is 0 Å². The number of rotatable bonds is 20. The molecule has 108 heavy (non-hydrogen) atoms. The number of amides is 10. The zero-order valence-corrected chi connectivity index (χ0v) is 63.8. The number of alkyl halides is 6. The molecule has 598 valence electrons. The van der Waals surface area contributed by atoms with Crippen LogP contribution in [0.3, 0.4) is 0 Å². The van der Waals surface area contributed by atoms with Gasteiger partial charge in [0.05, 0.1) is 47.0 Å². The highest BCUT2D eigenvalue weighted by molar-refractivity contribution is 6.09. The van der Waals surface area contributed by atoms with Crippen LogP contribution in [0.25, 0.3) is 0 Å². The third-order valence-electron chi connectivity index (χ3n) is 13.8. The van der Waals surface area contributed by atoms with Crippen molar-refractivity contribution in [2.75, 3.05) is 60.5 Å². The molecule has 2 unspecified atom stereocenters. The number of benzene rings is 2. The number of aromatic nitrogens is 2. The van der Waals surface area contributed by atoms with Gasteiger partial charge in [0.2, 0.25) is 23.7 Å². The fourth-order valence-corrected chi connectivity index (χ4v) is 9.58. The molecule has 2 saturated heterocycles. The van der Waals surface area contributed by atoms with Gasteiger partial charge in [-0.25, -0.2) is 38.7 Å². The first-order valence-electron chi connectivity index (χ1n) is 34.5. The number of anilines is 4. The SMILES string of the molecule is CC(C)(C)OC(=O)NC(=NCCCCC(=O)Nc1cc(C(F)(F)F)cc(NC(=O)c2cc(C(=O)Nc3cc(C(F)(F)F)cc(NC(=O)CCCCN=C(NC(=O)OC(C)(C)C)NC(=O)OC(C)(C)C)c3OC3CCN(C(=O)OC(C)(C)C)C3)ncn2)c1OC1CCN(C(=O)OC(C)(C)C)C1)NC(=O)OC(C)(C)C. The Balaban J connectivity index is 1.48. The number of nitrogens with zero attached hydrogens (tertiary/aromatic N) is 6. The first-order chi connectivity index (χ1) is 49.6. The molecule has 0 radical (unpaired) electrons. The Morgan fingerprint density at radius 1 is 0.417 bits per heavy atom. The van der Waals surface area contributed by atoms with E-state index in [1.54, 1.807) is 125 Å². The maximum Gasteiger partial charge on any atom is 0.416 e. The topological polar surface area (TPSA) is 398 Å². The first kappa shape index (κ1) is 88.2. The Morgan fingerprint density at radius 3 is 0.981 bits per heavy atom. The van der Waals surface area contributed by atoms with E-state index < -0.39 is 175 Å². The normalized spacial score (nSPS) is 14.9. The predicted octanol–water partition coefficient (Wildman–Crippen LogP) is 12.8. The zero-order chi connectivity index (χ0) is 81.3. The van der Waals surface area contributed by atoms with Crippen molar-refractivity contribution in [1.29, 1.82) is 0 Å². The standard InChI is InChI=1S/C70H98F6N14O18/c1-63(2,3)103-57(95)85-55(86-58(96)104-64(4,5)6)77-27-21-19-23-49(91)81-43-31-39(69(71,72)73)33-45(51(43)101-41-25-29-89(36-41)61(99)107-67(13,14)15)83-53(93)47-35-48(80-38-79-47)54(94)84-46-34-40(70(74,75)76)32-44(52(46)102-42-26-30-90(37-42)62(100)108-68(16,17)18)82-50(92)24-20-22-28-78-56(87-59(97)105-65(7,8)9)88-60(98)106-66(10,11)12/h31-35,38,41-42H,19-30,36-37H2,1-18H3,(H,81,91)(H,82,92)(H,83,93)(H,84,94)(H2,77,85,86,95,96)(H2,78,87,88,97,98). The van der Waals surface area contributed by atoms with Crippen molar-refractivity contribution in [2.24, 2.45) is 9.98 Å². The van der Waals surface area contributed by atoms with Gasteiger partial charge < -0.3 is 69.0 Å². The van der Waals surface area contributed by atoms with Gasteiger partial charge in [-0.1, -0.05) is 0 Å². The molecule has 8 N–H and O–H groups in total. The predicted molar refractivity (Wildman–Crippen MR) is 382 cm³/mol. The number of carbonyl (C=O) groups is 10. The Bertz CT molecular complexity index is 3530. The number of carbonyl (C=O) groups excluding carboxylic acids is 10. The molecule has 0 saturated carbocycles. The van der Waals surface area contributed by atoms with Crippen LogP contribution in [0, 0.1) is 0 Å². The summed E-state index contributed by atoms with van der Waals surface area (Å²) in [5, 5.41) is 18.7. The van der Waals surface area contributed by atoms with E-state index in [0.29, 0.717) is 30.6 Å². The number of halogens is 6. The van der Waals surface area contributed by atoms with Gasteiger partial charge in [0.1, 0.15) is 63.5 Å². The van der Waals surface area contributed by atoms with E-state index in [4.69, 9.17) is 37.9 Å². The number of nitrogens with one attached hydrogen (secondary N) is 8. The fourth-order valence-electron chi connectivity index (χ4n) is 9.58. The Hall–Kier alpha value is -10.5. The van der Waals surface area contributed by atoms with Gasteiger partial charge in [0, 0.05) is 57.9 Å². The zero-order valence-electron chi connectivity index (χ0n) is 63.8. The summed E-state index contributed by atoms with van der Waals surface area (Å²) >= 11 is 0. The van der Waals surface area contributed by atoms with Gasteiger partial charge in [-0.05, 0) is 175 Å². The van der Waals surface area contributed by atoms with Gasteiger partial charge in [-0.2, -0.15) is 26.3 Å². The minimum absolute atomic E-state index is 0.00584. The minimum Gasteiger partial charge on any atom is -0.484 e. The van der Waals surface area contributed by atoms with E-state index in [1.807, 2.05) is 0 Å². The molecule has 2 aliphatic rings.